The van der Waals surface area contributed by atoms with E-state index in [9.17, 15) is 0 Å². The molecule has 1 aliphatic rings. The quantitative estimate of drug-likeness (QED) is 0.241. The van der Waals surface area contributed by atoms with Crippen LogP contribution in [0.5, 0.6) is 0 Å². The third-order valence-corrected chi connectivity index (χ3v) is 7.95. The van der Waals surface area contributed by atoms with E-state index in [0.29, 0.717) is 17.2 Å². The van der Waals surface area contributed by atoms with Crippen LogP contribution in [0.4, 0.5) is 15.8 Å². The summed E-state index contributed by atoms with van der Waals surface area (Å²) < 4.78 is 24.1. The van der Waals surface area contributed by atoms with Gasteiger partial charge in [0.05, 0.1) is 5.56 Å². The van der Waals surface area contributed by atoms with E-state index < -0.39 is 0 Å². The summed E-state index contributed by atoms with van der Waals surface area (Å²) in [5.41, 5.74) is 7.41. The number of aryl methyl sites for hydroxylation is 2. The normalized spacial score (nSPS) is 14.6. The first-order valence-corrected chi connectivity index (χ1v) is 13.0. The standard InChI is InChI=1S/C32H32FN2O/c1-21-12-17-25-26-18-19-27(33)30(32(26)36-31(25)29(21)28-11-7-8-20-34(28)2)35(3)24-15-13-23(14-16-24)22-9-5-4-6-10-22/h7-8,11-20,22H,4-6,9-10H2,1-3H3/q+1. The molecule has 2 heterocycles. The van der Waals surface area contributed by atoms with Crippen molar-refractivity contribution in [3.63, 3.8) is 0 Å². The molecule has 0 N–H and O–H groups in total. The van der Waals surface area contributed by atoms with Gasteiger partial charge >= 0.3 is 0 Å². The van der Waals surface area contributed by atoms with E-state index in [4.69, 9.17) is 4.42 Å². The second-order valence-electron chi connectivity index (χ2n) is 10.2. The molecule has 0 aliphatic heterocycles. The number of furan rings is 1. The van der Waals surface area contributed by atoms with Gasteiger partial charge in [0.25, 0.3) is 0 Å². The van der Waals surface area contributed by atoms with Crippen molar-refractivity contribution in [2.75, 3.05) is 11.9 Å². The summed E-state index contributed by atoms with van der Waals surface area (Å²) in [5.74, 6) is 0.360. The minimum atomic E-state index is -0.288. The summed E-state index contributed by atoms with van der Waals surface area (Å²) in [5, 5.41) is 1.92. The molecule has 0 bridgehead atoms. The molecule has 3 nitrogen and oxygen atoms in total. The van der Waals surface area contributed by atoms with Crippen LogP contribution in [0.3, 0.4) is 0 Å². The Kier molecular flexibility index (Phi) is 5.75. The maximum atomic E-state index is 15.4. The molecule has 6 rings (SSSR count). The van der Waals surface area contributed by atoms with Gasteiger partial charge in [-0.3, -0.25) is 0 Å². The lowest BCUT2D eigenvalue weighted by molar-refractivity contribution is -0.660. The van der Waals surface area contributed by atoms with Crippen molar-refractivity contribution in [3.05, 3.63) is 89.9 Å². The van der Waals surface area contributed by atoms with E-state index in [1.165, 1.54) is 37.7 Å². The number of aromatic nitrogens is 1. The zero-order chi connectivity index (χ0) is 24.8. The maximum Gasteiger partial charge on any atom is 0.216 e. The van der Waals surface area contributed by atoms with Crippen molar-refractivity contribution >= 4 is 33.3 Å². The molecule has 4 heteroatoms. The van der Waals surface area contributed by atoms with Gasteiger partial charge in [-0.25, -0.2) is 8.96 Å². The molecule has 0 unspecified atom stereocenters. The van der Waals surface area contributed by atoms with Gasteiger partial charge in [-0.05, 0) is 67.1 Å². The van der Waals surface area contributed by atoms with Crippen LogP contribution in [0.1, 0.15) is 49.1 Å². The van der Waals surface area contributed by atoms with Gasteiger partial charge in [0.15, 0.2) is 17.6 Å². The molecule has 1 saturated carbocycles. The van der Waals surface area contributed by atoms with E-state index >= 15 is 4.39 Å². The molecule has 0 radical (unpaired) electrons. The Labute approximate surface area is 211 Å². The Hall–Kier alpha value is -3.66. The van der Waals surface area contributed by atoms with E-state index in [2.05, 4.69) is 54.0 Å². The monoisotopic (exact) mass is 479 g/mol. The Bertz CT molecular complexity index is 1560. The summed E-state index contributed by atoms with van der Waals surface area (Å²) in [4.78, 5) is 1.92. The molecule has 0 saturated heterocycles. The molecular formula is C32H32FN2O+. The van der Waals surface area contributed by atoms with Crippen LogP contribution in [0.15, 0.2) is 77.3 Å². The van der Waals surface area contributed by atoms with Crippen LogP contribution in [-0.4, -0.2) is 7.05 Å². The molecular weight excluding hydrogens is 447 g/mol. The number of hydrogen-bond acceptors (Lipinski definition) is 2. The zero-order valence-electron chi connectivity index (χ0n) is 21.2. The fourth-order valence-electron chi connectivity index (χ4n) is 5.91. The molecule has 0 spiro atoms. The summed E-state index contributed by atoms with van der Waals surface area (Å²) in [7, 11) is 3.95. The highest BCUT2D eigenvalue weighted by atomic mass is 19.1. The molecule has 2 aromatic heterocycles. The molecule has 5 aromatic rings. The highest BCUT2D eigenvalue weighted by Gasteiger charge is 2.24. The smallest absolute Gasteiger partial charge is 0.216 e. The van der Waals surface area contributed by atoms with E-state index in [1.54, 1.807) is 6.07 Å². The molecule has 3 aromatic carbocycles. The van der Waals surface area contributed by atoms with E-state index in [1.807, 2.05) is 43.4 Å². The first kappa shape index (κ1) is 22.8. The van der Waals surface area contributed by atoms with Crippen LogP contribution in [-0.2, 0) is 7.05 Å². The lowest BCUT2D eigenvalue weighted by atomic mass is 9.84. The predicted octanol–water partition coefficient (Wildman–Crippen LogP) is 8.34. The second-order valence-corrected chi connectivity index (χ2v) is 10.2. The number of rotatable bonds is 4. The first-order valence-electron chi connectivity index (χ1n) is 13.0. The van der Waals surface area contributed by atoms with Gasteiger partial charge in [0.2, 0.25) is 5.69 Å². The average Bonchev–Trinajstić information content (AvgIpc) is 3.28. The van der Waals surface area contributed by atoms with Crippen molar-refractivity contribution < 1.29 is 13.4 Å². The van der Waals surface area contributed by atoms with E-state index in [0.717, 1.165) is 38.9 Å². The summed E-state index contributed by atoms with van der Waals surface area (Å²) in [6.45, 7) is 2.09. The Morgan fingerprint density at radius 2 is 1.58 bits per heavy atom. The highest BCUT2D eigenvalue weighted by Crippen LogP contribution is 2.43. The lowest BCUT2D eigenvalue weighted by Crippen LogP contribution is -2.30. The number of anilines is 2. The Morgan fingerprint density at radius 1 is 0.861 bits per heavy atom. The third kappa shape index (κ3) is 3.76. The van der Waals surface area contributed by atoms with Crippen molar-refractivity contribution in [2.24, 2.45) is 7.05 Å². The highest BCUT2D eigenvalue weighted by molar-refractivity contribution is 6.13. The van der Waals surface area contributed by atoms with E-state index in [-0.39, 0.29) is 5.82 Å². The van der Waals surface area contributed by atoms with Crippen LogP contribution >= 0.6 is 0 Å². The van der Waals surface area contributed by atoms with Gasteiger partial charge in [-0.15, -0.1) is 0 Å². The van der Waals surface area contributed by atoms with Gasteiger partial charge in [0, 0.05) is 35.6 Å². The summed E-state index contributed by atoms with van der Waals surface area (Å²) >= 11 is 0. The van der Waals surface area contributed by atoms with Crippen LogP contribution in [0, 0.1) is 12.7 Å². The average molecular weight is 480 g/mol. The maximum absolute atomic E-state index is 15.4. The van der Waals surface area contributed by atoms with Crippen molar-refractivity contribution in [1.82, 2.24) is 0 Å². The Morgan fingerprint density at radius 3 is 2.33 bits per heavy atom. The number of benzene rings is 3. The summed E-state index contributed by atoms with van der Waals surface area (Å²) in [6, 6.07) is 22.4. The number of fused-ring (bicyclic) bond motifs is 3. The van der Waals surface area contributed by atoms with Gasteiger partial charge in [0.1, 0.15) is 18.3 Å². The van der Waals surface area contributed by atoms with Gasteiger partial charge in [-0.1, -0.05) is 43.5 Å². The number of pyridine rings is 1. The van der Waals surface area contributed by atoms with Gasteiger partial charge in [-0.2, -0.15) is 0 Å². The minimum absolute atomic E-state index is 0.288. The van der Waals surface area contributed by atoms with Crippen molar-refractivity contribution in [1.29, 1.82) is 0 Å². The van der Waals surface area contributed by atoms with Crippen molar-refractivity contribution in [3.8, 4) is 11.3 Å². The predicted molar refractivity (Wildman–Crippen MR) is 145 cm³/mol. The zero-order valence-corrected chi connectivity index (χ0v) is 21.2. The Balaban J connectivity index is 1.48. The molecule has 182 valence electrons. The fourth-order valence-corrected chi connectivity index (χ4v) is 5.91. The number of nitrogens with zero attached hydrogens (tertiary/aromatic N) is 2. The van der Waals surface area contributed by atoms with Crippen molar-refractivity contribution in [2.45, 2.75) is 44.9 Å². The topological polar surface area (TPSA) is 20.3 Å². The molecule has 0 amide bonds. The number of halogens is 1. The third-order valence-electron chi connectivity index (χ3n) is 7.95. The van der Waals surface area contributed by atoms with Crippen LogP contribution in [0.2, 0.25) is 0 Å². The lowest BCUT2D eigenvalue weighted by Gasteiger charge is -2.24. The molecule has 36 heavy (non-hydrogen) atoms. The summed E-state index contributed by atoms with van der Waals surface area (Å²) in [6.07, 6.45) is 8.54. The fraction of sp³-hybridized carbons (Fsp3) is 0.281. The number of hydrogen-bond donors (Lipinski definition) is 0. The molecule has 1 fully saturated rings. The van der Waals surface area contributed by atoms with Gasteiger partial charge < -0.3 is 9.32 Å². The SMILES string of the molecule is Cc1ccc2c(oc3c(N(C)c4ccc(C5CCCCC5)cc4)c(F)ccc32)c1-c1cccc[n+]1C. The minimum Gasteiger partial charge on any atom is -0.453 e. The first-order chi connectivity index (χ1) is 17.5. The van der Waals surface area contributed by atoms with Crippen LogP contribution in [0.25, 0.3) is 33.2 Å². The largest absolute Gasteiger partial charge is 0.453 e. The molecule has 1 aliphatic carbocycles. The molecule has 0 atom stereocenters. The second kappa shape index (κ2) is 9.09. The van der Waals surface area contributed by atoms with Crippen LogP contribution < -0.4 is 9.47 Å².